The third-order valence-electron chi connectivity index (χ3n) is 4.53. The second-order valence-corrected chi connectivity index (χ2v) is 7.18. The van der Waals surface area contributed by atoms with E-state index >= 15 is 0 Å². The van der Waals surface area contributed by atoms with Crippen molar-refractivity contribution in [3.8, 4) is 17.2 Å². The topological polar surface area (TPSA) is 79.7 Å². The van der Waals surface area contributed by atoms with Gasteiger partial charge in [-0.1, -0.05) is 29.8 Å². The van der Waals surface area contributed by atoms with E-state index < -0.39 is 11.4 Å². The molecule has 3 aromatic rings. The van der Waals surface area contributed by atoms with Crippen molar-refractivity contribution in [2.75, 3.05) is 13.2 Å². The zero-order chi connectivity index (χ0) is 21.1. The van der Waals surface area contributed by atoms with Crippen LogP contribution in [-0.4, -0.2) is 29.0 Å². The minimum absolute atomic E-state index is 0.0878. The summed E-state index contributed by atoms with van der Waals surface area (Å²) in [5.41, 5.74) is 1.18. The van der Waals surface area contributed by atoms with E-state index in [1.165, 1.54) is 10.7 Å². The highest BCUT2D eigenvalue weighted by Gasteiger charge is 2.19. The second kappa shape index (κ2) is 8.59. The number of ether oxygens (including phenoxy) is 3. The van der Waals surface area contributed by atoms with Gasteiger partial charge in [0.15, 0.2) is 11.5 Å². The fourth-order valence-electron chi connectivity index (χ4n) is 3.10. The molecule has 0 fully saturated rings. The van der Waals surface area contributed by atoms with Crippen LogP contribution in [0.25, 0.3) is 5.69 Å². The van der Waals surface area contributed by atoms with Crippen LogP contribution in [0.1, 0.15) is 28.2 Å². The monoisotopic (exact) mass is 426 g/mol. The van der Waals surface area contributed by atoms with Crippen molar-refractivity contribution >= 4 is 17.6 Å². The third-order valence-corrected chi connectivity index (χ3v) is 4.81. The molecule has 2 heterocycles. The molecule has 2 aromatic carbocycles. The molecule has 7 nitrogen and oxygen atoms in total. The zero-order valence-electron chi connectivity index (χ0n) is 16.3. The van der Waals surface area contributed by atoms with E-state index in [9.17, 15) is 9.59 Å². The van der Waals surface area contributed by atoms with Crippen molar-refractivity contribution in [3.63, 3.8) is 0 Å². The first kappa shape index (κ1) is 20.0. The molecule has 0 amide bonds. The molecule has 4 rings (SSSR count). The molecule has 0 atom stereocenters. The smallest absolute Gasteiger partial charge is 0.363 e. The van der Waals surface area contributed by atoms with Crippen LogP contribution in [0.15, 0.2) is 53.3 Å². The van der Waals surface area contributed by atoms with E-state index in [2.05, 4.69) is 5.10 Å². The van der Waals surface area contributed by atoms with Crippen LogP contribution < -0.4 is 14.9 Å². The molecule has 1 aliphatic rings. The lowest BCUT2D eigenvalue weighted by Crippen LogP contribution is -2.24. The molecule has 1 aromatic heterocycles. The van der Waals surface area contributed by atoms with E-state index in [1.807, 2.05) is 30.3 Å². The van der Waals surface area contributed by atoms with Crippen molar-refractivity contribution in [2.45, 2.75) is 20.0 Å². The van der Waals surface area contributed by atoms with Gasteiger partial charge in [0.05, 0.1) is 23.9 Å². The summed E-state index contributed by atoms with van der Waals surface area (Å²) in [5.74, 6) is 0.175. The molecule has 30 heavy (non-hydrogen) atoms. The third kappa shape index (κ3) is 4.16. The molecular formula is C22H19ClN2O5. The number of fused-ring (bicyclic) bond motifs is 1. The maximum Gasteiger partial charge on any atom is 0.363 e. The maximum absolute atomic E-state index is 12.6. The van der Waals surface area contributed by atoms with Crippen LogP contribution >= 0.6 is 11.6 Å². The van der Waals surface area contributed by atoms with Crippen molar-refractivity contribution in [2.24, 2.45) is 0 Å². The number of hydrogen-bond donors (Lipinski definition) is 0. The summed E-state index contributed by atoms with van der Waals surface area (Å²) in [6.07, 6.45) is 0.752. The number of aryl methyl sites for hydroxylation is 1. The molecule has 0 aliphatic carbocycles. The van der Waals surface area contributed by atoms with E-state index in [-0.39, 0.29) is 12.3 Å². The van der Waals surface area contributed by atoms with Crippen molar-refractivity contribution in [1.82, 2.24) is 9.78 Å². The fourth-order valence-corrected chi connectivity index (χ4v) is 3.39. The Morgan fingerprint density at radius 2 is 1.93 bits per heavy atom. The summed E-state index contributed by atoms with van der Waals surface area (Å²) >= 11 is 6.27. The average Bonchev–Trinajstić information content (AvgIpc) is 2.99. The van der Waals surface area contributed by atoms with Gasteiger partial charge in [-0.05, 0) is 36.8 Å². The largest absolute Gasteiger partial charge is 0.489 e. The highest BCUT2D eigenvalue weighted by Crippen LogP contribution is 2.38. The Kier molecular flexibility index (Phi) is 5.72. The van der Waals surface area contributed by atoms with Crippen molar-refractivity contribution in [3.05, 3.63) is 80.7 Å². The molecule has 8 heteroatoms. The number of halogens is 1. The summed E-state index contributed by atoms with van der Waals surface area (Å²) in [5, 5.41) is 4.59. The molecule has 0 bridgehead atoms. The van der Waals surface area contributed by atoms with Crippen LogP contribution in [0.3, 0.4) is 0 Å². The van der Waals surface area contributed by atoms with Crippen LogP contribution in [-0.2, 0) is 11.3 Å². The molecule has 154 valence electrons. The Hall–Kier alpha value is -3.32. The summed E-state index contributed by atoms with van der Waals surface area (Å²) in [6, 6.07) is 14.0. The van der Waals surface area contributed by atoms with Crippen molar-refractivity contribution < 1.29 is 19.0 Å². The van der Waals surface area contributed by atoms with Gasteiger partial charge < -0.3 is 14.2 Å². The highest BCUT2D eigenvalue weighted by molar-refractivity contribution is 6.32. The standard InChI is InChI=1S/C22H19ClN2O5/c1-14-10-18(26)20(24-25(14)16-6-3-2-4-7-16)22(27)30-13-15-11-17(23)21-19(12-15)28-8-5-9-29-21/h2-4,6-7,10-12H,5,8-9,13H2,1H3. The van der Waals surface area contributed by atoms with E-state index in [4.69, 9.17) is 25.8 Å². The Morgan fingerprint density at radius 3 is 2.73 bits per heavy atom. The number of aromatic nitrogens is 2. The average molecular weight is 427 g/mol. The summed E-state index contributed by atoms with van der Waals surface area (Å²) in [7, 11) is 0. The second-order valence-electron chi connectivity index (χ2n) is 6.78. The Labute approximate surface area is 177 Å². The Morgan fingerprint density at radius 1 is 1.17 bits per heavy atom. The number of benzene rings is 2. The Bertz CT molecular complexity index is 1140. The summed E-state index contributed by atoms with van der Waals surface area (Å²) < 4.78 is 18.1. The SMILES string of the molecule is Cc1cc(=O)c(C(=O)OCc2cc(Cl)c3c(c2)OCCCO3)nn1-c1ccccc1. The predicted molar refractivity (Wildman–Crippen MR) is 111 cm³/mol. The first-order valence-corrected chi connectivity index (χ1v) is 9.82. The quantitative estimate of drug-likeness (QED) is 0.592. The lowest BCUT2D eigenvalue weighted by molar-refractivity contribution is 0.0461. The van der Waals surface area contributed by atoms with Crippen molar-refractivity contribution in [1.29, 1.82) is 0 Å². The molecule has 0 radical (unpaired) electrons. The normalized spacial score (nSPS) is 12.9. The Balaban J connectivity index is 1.56. The van der Waals surface area contributed by atoms with E-state index in [0.29, 0.717) is 41.0 Å². The fraction of sp³-hybridized carbons (Fsp3) is 0.227. The minimum Gasteiger partial charge on any atom is -0.489 e. The number of hydrogen-bond acceptors (Lipinski definition) is 6. The van der Waals surface area contributed by atoms with Gasteiger partial charge in [0, 0.05) is 18.2 Å². The van der Waals surface area contributed by atoms with E-state index in [0.717, 1.165) is 12.1 Å². The first-order chi connectivity index (χ1) is 14.5. The maximum atomic E-state index is 12.6. The van der Waals surface area contributed by atoms with E-state index in [1.54, 1.807) is 19.1 Å². The number of esters is 1. The molecule has 0 spiro atoms. The number of nitrogens with zero attached hydrogens (tertiary/aromatic N) is 2. The molecular weight excluding hydrogens is 408 g/mol. The number of rotatable bonds is 4. The van der Waals surface area contributed by atoms with Gasteiger partial charge in [-0.3, -0.25) is 4.79 Å². The molecule has 0 saturated heterocycles. The van der Waals surface area contributed by atoms with Gasteiger partial charge in [0.1, 0.15) is 6.61 Å². The molecule has 0 N–H and O–H groups in total. The van der Waals surface area contributed by atoms with Gasteiger partial charge in [-0.2, -0.15) is 5.10 Å². The lowest BCUT2D eigenvalue weighted by atomic mass is 10.2. The minimum atomic E-state index is -0.812. The molecule has 1 aliphatic heterocycles. The summed E-state index contributed by atoms with van der Waals surface area (Å²) in [4.78, 5) is 24.9. The lowest BCUT2D eigenvalue weighted by Gasteiger charge is -2.13. The van der Waals surface area contributed by atoms with Gasteiger partial charge in [-0.25, -0.2) is 9.48 Å². The molecule has 0 unspecified atom stereocenters. The van der Waals surface area contributed by atoms with Crippen LogP contribution in [0.4, 0.5) is 0 Å². The van der Waals surface area contributed by atoms with Crippen LogP contribution in [0.2, 0.25) is 5.02 Å². The van der Waals surface area contributed by atoms with Gasteiger partial charge >= 0.3 is 5.97 Å². The van der Waals surface area contributed by atoms with Crippen LogP contribution in [0.5, 0.6) is 11.5 Å². The van der Waals surface area contributed by atoms with Gasteiger partial charge in [-0.15, -0.1) is 0 Å². The number of para-hydroxylation sites is 1. The first-order valence-electron chi connectivity index (χ1n) is 9.44. The predicted octanol–water partition coefficient (Wildman–Crippen LogP) is 3.71. The highest BCUT2D eigenvalue weighted by atomic mass is 35.5. The van der Waals surface area contributed by atoms with Crippen LogP contribution in [0, 0.1) is 6.92 Å². The zero-order valence-corrected chi connectivity index (χ0v) is 17.0. The molecule has 0 saturated carbocycles. The number of carbonyl (C=O) groups is 1. The van der Waals surface area contributed by atoms with Gasteiger partial charge in [0.2, 0.25) is 11.1 Å². The summed E-state index contributed by atoms with van der Waals surface area (Å²) in [6.45, 7) is 2.69. The van der Waals surface area contributed by atoms with Gasteiger partial charge in [0.25, 0.3) is 0 Å². The number of carbonyl (C=O) groups excluding carboxylic acids is 1.